The summed E-state index contributed by atoms with van der Waals surface area (Å²) in [5.74, 6) is 0.298. The van der Waals surface area contributed by atoms with Crippen molar-refractivity contribution in [3.8, 4) is 0 Å². The van der Waals surface area contributed by atoms with E-state index in [-0.39, 0.29) is 11.8 Å². The third kappa shape index (κ3) is 5.19. The van der Waals surface area contributed by atoms with E-state index in [0.29, 0.717) is 12.6 Å². The minimum Gasteiger partial charge on any atom is -0.350 e. The molecule has 2 aromatic rings. The van der Waals surface area contributed by atoms with E-state index >= 15 is 0 Å². The van der Waals surface area contributed by atoms with Crippen LogP contribution in [0.4, 0.5) is 0 Å². The van der Waals surface area contributed by atoms with Gasteiger partial charge in [0.25, 0.3) is 0 Å². The number of nitrogens with zero attached hydrogens (tertiary/aromatic N) is 3. The molecule has 0 aromatic carbocycles. The van der Waals surface area contributed by atoms with Gasteiger partial charge in [-0.25, -0.2) is 0 Å². The lowest BCUT2D eigenvalue weighted by Crippen LogP contribution is -2.50. The molecule has 0 bridgehead atoms. The monoisotopic (exact) mass is 398 g/mol. The van der Waals surface area contributed by atoms with Gasteiger partial charge in [0.2, 0.25) is 5.91 Å². The molecule has 4 heterocycles. The summed E-state index contributed by atoms with van der Waals surface area (Å²) in [4.78, 5) is 22.1. The third-order valence-electron chi connectivity index (χ3n) is 6.05. The summed E-state index contributed by atoms with van der Waals surface area (Å²) in [5, 5.41) is 7.51. The van der Waals surface area contributed by atoms with Gasteiger partial charge in [-0.05, 0) is 79.8 Å². The number of hydrogen-bond donors (Lipinski definition) is 1. The molecule has 0 radical (unpaired) electrons. The van der Waals surface area contributed by atoms with E-state index in [9.17, 15) is 4.79 Å². The summed E-state index contributed by atoms with van der Waals surface area (Å²) < 4.78 is 0. The first kappa shape index (κ1) is 19.6. The number of rotatable bonds is 6. The fourth-order valence-electron chi connectivity index (χ4n) is 4.46. The standard InChI is InChI=1S/C22H30N4OS/c27-22(24-14-20-5-1-2-9-23-20)19-4-3-10-26(16-19)21-6-11-25(12-7-21)15-18-8-13-28-17-18/h1-2,5,8-9,13,17,19,21H,3-4,6-7,10-12,14-16H2,(H,24,27). The maximum absolute atomic E-state index is 12.7. The van der Waals surface area contributed by atoms with E-state index in [0.717, 1.165) is 51.3 Å². The number of carbonyl (C=O) groups is 1. The van der Waals surface area contributed by atoms with Crippen molar-refractivity contribution >= 4 is 17.2 Å². The molecule has 1 unspecified atom stereocenters. The van der Waals surface area contributed by atoms with Crippen LogP contribution >= 0.6 is 11.3 Å². The summed E-state index contributed by atoms with van der Waals surface area (Å²) in [7, 11) is 0. The largest absolute Gasteiger partial charge is 0.350 e. The minimum absolute atomic E-state index is 0.112. The van der Waals surface area contributed by atoms with Gasteiger partial charge in [-0.1, -0.05) is 6.07 Å². The van der Waals surface area contributed by atoms with Crippen LogP contribution in [0.5, 0.6) is 0 Å². The number of pyridine rings is 1. The van der Waals surface area contributed by atoms with E-state index in [1.54, 1.807) is 17.5 Å². The maximum Gasteiger partial charge on any atom is 0.224 e. The fourth-order valence-corrected chi connectivity index (χ4v) is 5.12. The zero-order valence-electron chi connectivity index (χ0n) is 16.4. The topological polar surface area (TPSA) is 48.5 Å². The molecule has 1 amide bonds. The second-order valence-electron chi connectivity index (χ2n) is 8.01. The Bertz CT molecular complexity index is 728. The Kier molecular flexibility index (Phi) is 6.73. The number of nitrogens with one attached hydrogen (secondary N) is 1. The highest BCUT2D eigenvalue weighted by atomic mass is 32.1. The van der Waals surface area contributed by atoms with E-state index < -0.39 is 0 Å². The number of thiophene rings is 1. The average Bonchev–Trinajstić information content (AvgIpc) is 3.26. The van der Waals surface area contributed by atoms with Crippen LogP contribution in [0.2, 0.25) is 0 Å². The van der Waals surface area contributed by atoms with E-state index in [1.165, 1.54) is 18.4 Å². The Labute approximate surface area is 171 Å². The van der Waals surface area contributed by atoms with E-state index in [1.807, 2.05) is 18.2 Å². The Morgan fingerprint density at radius 3 is 2.82 bits per heavy atom. The molecule has 6 heteroatoms. The predicted molar refractivity (Wildman–Crippen MR) is 113 cm³/mol. The second-order valence-corrected chi connectivity index (χ2v) is 8.79. The Hall–Kier alpha value is -1.76. The molecule has 1 atom stereocenters. The van der Waals surface area contributed by atoms with E-state index in [4.69, 9.17) is 0 Å². The lowest BCUT2D eigenvalue weighted by atomic mass is 9.93. The zero-order valence-corrected chi connectivity index (χ0v) is 17.2. The quantitative estimate of drug-likeness (QED) is 0.812. The van der Waals surface area contributed by atoms with Crippen LogP contribution in [0.25, 0.3) is 0 Å². The van der Waals surface area contributed by atoms with Crippen LogP contribution in [-0.2, 0) is 17.9 Å². The average molecular weight is 399 g/mol. The number of hydrogen-bond acceptors (Lipinski definition) is 5. The summed E-state index contributed by atoms with van der Waals surface area (Å²) in [6.45, 7) is 5.97. The van der Waals surface area contributed by atoms with Crippen LogP contribution in [0.3, 0.4) is 0 Å². The van der Waals surface area contributed by atoms with Crippen molar-refractivity contribution in [1.82, 2.24) is 20.1 Å². The van der Waals surface area contributed by atoms with E-state index in [2.05, 4.69) is 36.9 Å². The van der Waals surface area contributed by atoms with Gasteiger partial charge in [0, 0.05) is 25.3 Å². The van der Waals surface area contributed by atoms with Crippen LogP contribution in [0, 0.1) is 5.92 Å². The summed E-state index contributed by atoms with van der Waals surface area (Å²) in [6, 6.07) is 8.68. The van der Waals surface area contributed by atoms with Crippen molar-refractivity contribution in [3.05, 3.63) is 52.5 Å². The molecular formula is C22H30N4OS. The van der Waals surface area contributed by atoms with Gasteiger partial charge >= 0.3 is 0 Å². The van der Waals surface area contributed by atoms with Crippen LogP contribution in [0.15, 0.2) is 41.2 Å². The first-order chi connectivity index (χ1) is 13.8. The van der Waals surface area contributed by atoms with Crippen molar-refractivity contribution in [2.24, 2.45) is 5.92 Å². The SMILES string of the molecule is O=C(NCc1ccccn1)C1CCCN(C2CCN(Cc3ccsc3)CC2)C1. The Morgan fingerprint density at radius 2 is 2.07 bits per heavy atom. The third-order valence-corrected chi connectivity index (χ3v) is 6.79. The molecule has 2 aliphatic heterocycles. The van der Waals surface area contributed by atoms with Crippen molar-refractivity contribution in [1.29, 1.82) is 0 Å². The number of carbonyl (C=O) groups excluding carboxylic acids is 1. The molecule has 1 N–H and O–H groups in total. The summed E-state index contributed by atoms with van der Waals surface area (Å²) >= 11 is 1.78. The Balaban J connectivity index is 1.23. The van der Waals surface area contributed by atoms with Crippen LogP contribution in [0.1, 0.15) is 36.9 Å². The predicted octanol–water partition coefficient (Wildman–Crippen LogP) is 3.14. The molecule has 28 heavy (non-hydrogen) atoms. The number of amides is 1. The molecule has 0 saturated carbocycles. The second kappa shape index (κ2) is 9.63. The van der Waals surface area contributed by atoms with Crippen LogP contribution < -0.4 is 5.32 Å². The fraction of sp³-hybridized carbons (Fsp3) is 0.545. The van der Waals surface area contributed by atoms with Gasteiger partial charge < -0.3 is 5.32 Å². The molecule has 5 nitrogen and oxygen atoms in total. The minimum atomic E-state index is 0.112. The normalized spacial score (nSPS) is 22.2. The highest BCUT2D eigenvalue weighted by molar-refractivity contribution is 7.07. The number of aromatic nitrogens is 1. The van der Waals surface area contributed by atoms with Gasteiger partial charge in [0.15, 0.2) is 0 Å². The van der Waals surface area contributed by atoms with Crippen molar-refractivity contribution in [2.45, 2.75) is 44.8 Å². The van der Waals surface area contributed by atoms with Crippen molar-refractivity contribution in [3.63, 3.8) is 0 Å². The molecule has 4 rings (SSSR count). The van der Waals surface area contributed by atoms with Gasteiger partial charge in [-0.3, -0.25) is 19.6 Å². The summed E-state index contributed by atoms with van der Waals surface area (Å²) in [6.07, 6.45) is 6.33. The van der Waals surface area contributed by atoms with Crippen LogP contribution in [-0.4, -0.2) is 52.9 Å². The van der Waals surface area contributed by atoms with Crippen molar-refractivity contribution in [2.75, 3.05) is 26.2 Å². The summed E-state index contributed by atoms with van der Waals surface area (Å²) in [5.41, 5.74) is 2.35. The molecule has 2 saturated heterocycles. The lowest BCUT2D eigenvalue weighted by molar-refractivity contribution is -0.127. The number of piperidine rings is 2. The number of likely N-dealkylation sites (tertiary alicyclic amines) is 2. The molecule has 2 aliphatic rings. The molecule has 2 aromatic heterocycles. The lowest BCUT2D eigenvalue weighted by Gasteiger charge is -2.42. The van der Waals surface area contributed by atoms with Gasteiger partial charge in [-0.2, -0.15) is 11.3 Å². The van der Waals surface area contributed by atoms with Gasteiger partial charge in [-0.15, -0.1) is 0 Å². The zero-order chi connectivity index (χ0) is 19.2. The Morgan fingerprint density at radius 1 is 1.18 bits per heavy atom. The van der Waals surface area contributed by atoms with Gasteiger partial charge in [0.1, 0.15) is 0 Å². The molecular weight excluding hydrogens is 368 g/mol. The molecule has 0 spiro atoms. The van der Waals surface area contributed by atoms with Crippen molar-refractivity contribution < 1.29 is 4.79 Å². The first-order valence-corrected chi connectivity index (χ1v) is 11.4. The molecule has 0 aliphatic carbocycles. The van der Waals surface area contributed by atoms with Gasteiger partial charge in [0.05, 0.1) is 18.2 Å². The molecule has 150 valence electrons. The molecule has 2 fully saturated rings. The highest BCUT2D eigenvalue weighted by Crippen LogP contribution is 2.25. The highest BCUT2D eigenvalue weighted by Gasteiger charge is 2.31. The smallest absolute Gasteiger partial charge is 0.224 e. The first-order valence-electron chi connectivity index (χ1n) is 10.4. The maximum atomic E-state index is 12.7.